The summed E-state index contributed by atoms with van der Waals surface area (Å²) in [4.78, 5) is 10.8. The molecule has 0 fully saturated rings. The molecule has 0 saturated carbocycles. The van der Waals surface area contributed by atoms with E-state index in [0.717, 1.165) is 18.7 Å². The van der Waals surface area contributed by atoms with E-state index in [2.05, 4.69) is 28.7 Å². The molecule has 0 unspecified atom stereocenters. The van der Waals surface area contributed by atoms with E-state index in [-0.39, 0.29) is 11.6 Å². The van der Waals surface area contributed by atoms with Crippen molar-refractivity contribution in [2.45, 2.75) is 32.7 Å². The molecule has 18 heavy (non-hydrogen) atoms. The standard InChI is InChI=1S/C12H20N4OS/c1-3-9(4-2)16(5-6-17)11-8-14-10(7-15-11)12(13)18/h7-9,17H,3-6H2,1-2H3,(H2,13,18). The van der Waals surface area contributed by atoms with Crippen LogP contribution in [-0.4, -0.2) is 39.3 Å². The minimum absolute atomic E-state index is 0.0925. The number of hydrogen-bond donors (Lipinski definition) is 2. The van der Waals surface area contributed by atoms with Gasteiger partial charge in [0.2, 0.25) is 0 Å². The van der Waals surface area contributed by atoms with E-state index in [1.165, 1.54) is 0 Å². The Labute approximate surface area is 113 Å². The van der Waals surface area contributed by atoms with Gasteiger partial charge in [-0.15, -0.1) is 0 Å². The Hall–Kier alpha value is -1.27. The van der Waals surface area contributed by atoms with Gasteiger partial charge in [-0.3, -0.25) is 0 Å². The SMILES string of the molecule is CCC(CC)N(CCO)c1cnc(C(N)=S)cn1. The number of aliphatic hydroxyl groups excluding tert-OH is 1. The van der Waals surface area contributed by atoms with Crippen molar-refractivity contribution in [3.05, 3.63) is 18.1 Å². The molecule has 6 heteroatoms. The van der Waals surface area contributed by atoms with Crippen LogP contribution >= 0.6 is 12.2 Å². The Kier molecular flexibility index (Phi) is 5.94. The summed E-state index contributed by atoms with van der Waals surface area (Å²) >= 11 is 4.84. The first kappa shape index (κ1) is 14.8. The average Bonchev–Trinajstić information content (AvgIpc) is 2.39. The van der Waals surface area contributed by atoms with Gasteiger partial charge >= 0.3 is 0 Å². The molecular weight excluding hydrogens is 248 g/mol. The molecular formula is C12H20N4OS. The van der Waals surface area contributed by atoms with Crippen LogP contribution in [0.25, 0.3) is 0 Å². The zero-order valence-corrected chi connectivity index (χ0v) is 11.7. The molecule has 3 N–H and O–H groups in total. The lowest BCUT2D eigenvalue weighted by Crippen LogP contribution is -2.37. The third kappa shape index (κ3) is 3.61. The van der Waals surface area contributed by atoms with Gasteiger partial charge in [-0.05, 0) is 12.8 Å². The molecule has 0 aliphatic heterocycles. The highest BCUT2D eigenvalue weighted by atomic mass is 32.1. The Morgan fingerprint density at radius 2 is 2.06 bits per heavy atom. The zero-order chi connectivity index (χ0) is 13.5. The second kappa shape index (κ2) is 7.23. The third-order valence-corrected chi connectivity index (χ3v) is 3.12. The maximum absolute atomic E-state index is 9.15. The molecule has 0 aromatic carbocycles. The molecule has 0 bridgehead atoms. The van der Waals surface area contributed by atoms with Crippen LogP contribution < -0.4 is 10.6 Å². The number of rotatable bonds is 7. The second-order valence-corrected chi connectivity index (χ2v) is 4.45. The molecule has 0 spiro atoms. The van der Waals surface area contributed by atoms with Crippen LogP contribution in [0.1, 0.15) is 32.4 Å². The Morgan fingerprint density at radius 3 is 2.44 bits per heavy atom. The fraction of sp³-hybridized carbons (Fsp3) is 0.583. The fourth-order valence-electron chi connectivity index (χ4n) is 1.92. The summed E-state index contributed by atoms with van der Waals surface area (Å²) in [6.07, 6.45) is 5.22. The normalized spacial score (nSPS) is 10.7. The smallest absolute Gasteiger partial charge is 0.147 e. The quantitative estimate of drug-likeness (QED) is 0.721. The first-order valence-electron chi connectivity index (χ1n) is 6.13. The van der Waals surface area contributed by atoms with Crippen LogP contribution in [0.2, 0.25) is 0 Å². The molecule has 1 rings (SSSR count). The number of nitrogens with zero attached hydrogens (tertiary/aromatic N) is 3. The lowest BCUT2D eigenvalue weighted by atomic mass is 10.1. The van der Waals surface area contributed by atoms with Crippen LogP contribution in [0, 0.1) is 0 Å². The summed E-state index contributed by atoms with van der Waals surface area (Å²) in [5, 5.41) is 9.15. The molecule has 5 nitrogen and oxygen atoms in total. The fourth-order valence-corrected chi connectivity index (χ4v) is 2.02. The van der Waals surface area contributed by atoms with Crippen molar-refractivity contribution in [1.82, 2.24) is 9.97 Å². The number of aliphatic hydroxyl groups is 1. The molecule has 0 aliphatic carbocycles. The summed E-state index contributed by atoms with van der Waals surface area (Å²) in [6, 6.07) is 0.349. The number of nitrogens with two attached hydrogens (primary N) is 1. The molecule has 100 valence electrons. The van der Waals surface area contributed by atoms with Crippen molar-refractivity contribution in [2.75, 3.05) is 18.1 Å². The molecule has 0 atom stereocenters. The molecule has 1 aromatic heterocycles. The van der Waals surface area contributed by atoms with Gasteiger partial charge in [0.1, 0.15) is 16.5 Å². The number of thiocarbonyl (C=S) groups is 1. The van der Waals surface area contributed by atoms with E-state index in [9.17, 15) is 0 Å². The van der Waals surface area contributed by atoms with Crippen LogP contribution in [0.4, 0.5) is 5.82 Å². The molecule has 0 saturated heterocycles. The molecule has 0 radical (unpaired) electrons. The van der Waals surface area contributed by atoms with E-state index in [1.54, 1.807) is 12.4 Å². The highest BCUT2D eigenvalue weighted by Crippen LogP contribution is 2.16. The van der Waals surface area contributed by atoms with E-state index >= 15 is 0 Å². The largest absolute Gasteiger partial charge is 0.395 e. The zero-order valence-electron chi connectivity index (χ0n) is 10.8. The predicted octanol–water partition coefficient (Wildman–Crippen LogP) is 1.10. The molecule has 1 aromatic rings. The van der Waals surface area contributed by atoms with Crippen LogP contribution in [0.15, 0.2) is 12.4 Å². The monoisotopic (exact) mass is 268 g/mol. The van der Waals surface area contributed by atoms with E-state index in [0.29, 0.717) is 18.3 Å². The molecule has 0 aliphatic rings. The topological polar surface area (TPSA) is 75.3 Å². The summed E-state index contributed by atoms with van der Waals surface area (Å²) < 4.78 is 0. The molecule has 1 heterocycles. The van der Waals surface area contributed by atoms with Gasteiger partial charge in [0, 0.05) is 12.6 Å². The maximum Gasteiger partial charge on any atom is 0.147 e. The summed E-state index contributed by atoms with van der Waals surface area (Å²) in [5.74, 6) is 0.748. The van der Waals surface area contributed by atoms with Gasteiger partial charge in [0.25, 0.3) is 0 Å². The van der Waals surface area contributed by atoms with Gasteiger partial charge < -0.3 is 15.7 Å². The first-order valence-corrected chi connectivity index (χ1v) is 6.54. The van der Waals surface area contributed by atoms with Gasteiger partial charge in [0.05, 0.1) is 19.0 Å². The Balaban J connectivity index is 2.94. The van der Waals surface area contributed by atoms with Gasteiger partial charge in [-0.2, -0.15) is 0 Å². The summed E-state index contributed by atoms with van der Waals surface area (Å²) in [6.45, 7) is 4.88. The van der Waals surface area contributed by atoms with Crippen LogP contribution in [0.5, 0.6) is 0 Å². The van der Waals surface area contributed by atoms with Crippen molar-refractivity contribution in [3.8, 4) is 0 Å². The van der Waals surface area contributed by atoms with Gasteiger partial charge in [-0.1, -0.05) is 26.1 Å². The third-order valence-electron chi connectivity index (χ3n) is 2.91. The minimum Gasteiger partial charge on any atom is -0.395 e. The Bertz CT molecular complexity index is 378. The van der Waals surface area contributed by atoms with Crippen molar-refractivity contribution in [1.29, 1.82) is 0 Å². The maximum atomic E-state index is 9.15. The van der Waals surface area contributed by atoms with Crippen LogP contribution in [0.3, 0.4) is 0 Å². The lowest BCUT2D eigenvalue weighted by Gasteiger charge is -2.30. The van der Waals surface area contributed by atoms with E-state index in [4.69, 9.17) is 23.1 Å². The summed E-state index contributed by atoms with van der Waals surface area (Å²) in [5.41, 5.74) is 6.00. The minimum atomic E-state index is 0.0925. The van der Waals surface area contributed by atoms with Crippen molar-refractivity contribution in [2.24, 2.45) is 5.73 Å². The van der Waals surface area contributed by atoms with E-state index in [1.807, 2.05) is 0 Å². The first-order chi connectivity index (χ1) is 8.63. The predicted molar refractivity (Wildman–Crippen MR) is 76.7 cm³/mol. The van der Waals surface area contributed by atoms with Gasteiger partial charge in [0.15, 0.2) is 0 Å². The average molecular weight is 268 g/mol. The lowest BCUT2D eigenvalue weighted by molar-refractivity contribution is 0.295. The number of anilines is 1. The number of aromatic nitrogens is 2. The number of hydrogen-bond acceptors (Lipinski definition) is 5. The van der Waals surface area contributed by atoms with Crippen molar-refractivity contribution < 1.29 is 5.11 Å². The van der Waals surface area contributed by atoms with Gasteiger partial charge in [-0.25, -0.2) is 9.97 Å². The molecule has 0 amide bonds. The van der Waals surface area contributed by atoms with Crippen molar-refractivity contribution >= 4 is 23.0 Å². The second-order valence-electron chi connectivity index (χ2n) is 4.01. The highest BCUT2D eigenvalue weighted by molar-refractivity contribution is 7.80. The highest BCUT2D eigenvalue weighted by Gasteiger charge is 2.16. The van der Waals surface area contributed by atoms with Crippen LogP contribution in [-0.2, 0) is 0 Å². The summed E-state index contributed by atoms with van der Waals surface area (Å²) in [7, 11) is 0. The Morgan fingerprint density at radius 1 is 1.39 bits per heavy atom. The van der Waals surface area contributed by atoms with E-state index < -0.39 is 0 Å². The van der Waals surface area contributed by atoms with Crippen molar-refractivity contribution in [3.63, 3.8) is 0 Å².